The van der Waals surface area contributed by atoms with Crippen LogP contribution in [0, 0.1) is 0 Å². The zero-order valence-electron chi connectivity index (χ0n) is 26.5. The summed E-state index contributed by atoms with van der Waals surface area (Å²) in [6, 6.07) is 64.4. The largest absolute Gasteiger partial charge is 0.307 e. The molecule has 2 heterocycles. The maximum atomic E-state index is 2.54. The van der Waals surface area contributed by atoms with Crippen molar-refractivity contribution in [3.05, 3.63) is 176 Å². The lowest BCUT2D eigenvalue weighted by atomic mass is 9.98. The van der Waals surface area contributed by atoms with Crippen molar-refractivity contribution in [2.45, 2.75) is 0 Å². The van der Waals surface area contributed by atoms with Crippen molar-refractivity contribution in [3.63, 3.8) is 0 Å². The molecule has 0 saturated heterocycles. The molecule has 1 nitrogen and oxygen atoms in total. The summed E-state index contributed by atoms with van der Waals surface area (Å²) in [6.07, 6.45) is 0. The first-order valence-electron chi connectivity index (χ1n) is 16.6. The molecule has 8 aromatic carbocycles. The normalized spacial score (nSPS) is 11.7. The molecule has 0 radical (unpaired) electrons. The molecule has 0 atom stereocenters. The molecule has 0 spiro atoms. The topological polar surface area (TPSA) is 3.24 Å². The third kappa shape index (κ3) is 4.66. The quantitative estimate of drug-likeness (QED) is 0.178. The van der Waals surface area contributed by atoms with Crippen molar-refractivity contribution in [3.8, 4) is 22.3 Å². The zero-order chi connectivity index (χ0) is 32.3. The molecule has 0 aliphatic carbocycles. The summed E-state index contributed by atoms with van der Waals surface area (Å²) in [5.41, 5.74) is 8.45. The number of anilines is 3. The molecule has 0 aliphatic heterocycles. The second-order valence-electron chi connectivity index (χ2n) is 12.5. The summed E-state index contributed by atoms with van der Waals surface area (Å²) in [4.78, 5) is 2.54. The summed E-state index contributed by atoms with van der Waals surface area (Å²) in [7, 11) is 0. The molecule has 3 heteroatoms. The maximum Gasteiger partial charge on any atom is 0.0719 e. The van der Waals surface area contributed by atoms with Crippen LogP contribution >= 0.6 is 22.7 Å². The summed E-state index contributed by atoms with van der Waals surface area (Å²) < 4.78 is 5.19. The fourth-order valence-corrected chi connectivity index (χ4v) is 9.77. The number of fused-ring (bicyclic) bond motifs is 7. The van der Waals surface area contributed by atoms with Crippen molar-refractivity contribution in [1.29, 1.82) is 0 Å². The molecule has 0 amide bonds. The van der Waals surface area contributed by atoms with Crippen LogP contribution in [0.25, 0.3) is 73.4 Å². The summed E-state index contributed by atoms with van der Waals surface area (Å²) >= 11 is 3.77. The van der Waals surface area contributed by atoms with Crippen LogP contribution in [0.4, 0.5) is 17.1 Å². The highest BCUT2D eigenvalue weighted by molar-refractivity contribution is 7.27. The predicted octanol–water partition coefficient (Wildman–Crippen LogP) is 14.4. The van der Waals surface area contributed by atoms with Crippen molar-refractivity contribution in [2.75, 3.05) is 4.90 Å². The van der Waals surface area contributed by atoms with Crippen LogP contribution in [0.2, 0.25) is 0 Å². The van der Waals surface area contributed by atoms with Gasteiger partial charge in [-0.2, -0.15) is 0 Å². The minimum atomic E-state index is 1.15. The van der Waals surface area contributed by atoms with E-state index in [0.717, 1.165) is 5.69 Å². The van der Waals surface area contributed by atoms with Gasteiger partial charge in [-0.25, -0.2) is 0 Å². The number of hydrogen-bond donors (Lipinski definition) is 0. The highest BCUT2D eigenvalue weighted by Crippen LogP contribution is 2.52. The minimum Gasteiger partial charge on any atom is -0.307 e. The fraction of sp³-hybridized carbons (Fsp3) is 0. The zero-order valence-corrected chi connectivity index (χ0v) is 28.1. The van der Waals surface area contributed by atoms with E-state index in [0.29, 0.717) is 0 Å². The highest BCUT2D eigenvalue weighted by atomic mass is 32.1. The first-order chi connectivity index (χ1) is 24.3. The van der Waals surface area contributed by atoms with Crippen LogP contribution in [0.1, 0.15) is 0 Å². The fourth-order valence-electron chi connectivity index (χ4n) is 7.33. The summed E-state index contributed by atoms with van der Waals surface area (Å²) in [5.74, 6) is 0. The Bertz CT molecular complexity index is 2830. The monoisotopic (exact) mass is 659 g/mol. The lowest BCUT2D eigenvalue weighted by molar-refractivity contribution is 1.33. The Hall–Kier alpha value is -5.74. The van der Waals surface area contributed by atoms with Gasteiger partial charge in [-0.3, -0.25) is 0 Å². The van der Waals surface area contributed by atoms with Crippen LogP contribution in [-0.2, 0) is 0 Å². The second kappa shape index (κ2) is 11.5. The molecule has 0 saturated carbocycles. The molecular weight excluding hydrogens is 631 g/mol. The average molecular weight is 660 g/mol. The van der Waals surface area contributed by atoms with Gasteiger partial charge in [0.2, 0.25) is 0 Å². The van der Waals surface area contributed by atoms with Gasteiger partial charge in [-0.05, 0) is 63.9 Å². The van der Waals surface area contributed by atoms with Crippen LogP contribution in [0.3, 0.4) is 0 Å². The van der Waals surface area contributed by atoms with Gasteiger partial charge in [0.15, 0.2) is 0 Å². The van der Waals surface area contributed by atoms with Gasteiger partial charge in [-0.1, -0.05) is 140 Å². The smallest absolute Gasteiger partial charge is 0.0719 e. The van der Waals surface area contributed by atoms with Crippen molar-refractivity contribution in [1.82, 2.24) is 0 Å². The molecule has 0 fully saturated rings. The molecular formula is C46H29NS2. The van der Waals surface area contributed by atoms with E-state index < -0.39 is 0 Å². The second-order valence-corrected chi connectivity index (χ2v) is 14.6. The molecule has 2 aromatic heterocycles. The molecule has 0 N–H and O–H groups in total. The lowest BCUT2D eigenvalue weighted by Crippen LogP contribution is -2.11. The molecule has 10 aromatic rings. The van der Waals surface area contributed by atoms with Gasteiger partial charge in [-0.15, -0.1) is 22.7 Å². The highest BCUT2D eigenvalue weighted by Gasteiger charge is 2.25. The Morgan fingerprint density at radius 2 is 0.959 bits per heavy atom. The van der Waals surface area contributed by atoms with E-state index in [9.17, 15) is 0 Å². The van der Waals surface area contributed by atoms with Crippen LogP contribution in [0.15, 0.2) is 176 Å². The van der Waals surface area contributed by atoms with E-state index in [1.807, 2.05) is 22.7 Å². The Morgan fingerprint density at radius 1 is 0.367 bits per heavy atom. The SMILES string of the molecule is c1ccc(-c2ccc3cc(N(c4cccc5c4sc4ccccc45)c4c(-c5ccccc5)ccc5c4sc4ccccc45)ccc3c2)cc1. The number of thiophene rings is 2. The van der Waals surface area contributed by atoms with Crippen molar-refractivity contribution < 1.29 is 0 Å². The number of hydrogen-bond acceptors (Lipinski definition) is 3. The number of nitrogens with zero attached hydrogens (tertiary/aromatic N) is 1. The minimum absolute atomic E-state index is 1.15. The predicted molar refractivity (Wildman–Crippen MR) is 215 cm³/mol. The van der Waals surface area contributed by atoms with E-state index >= 15 is 0 Å². The Morgan fingerprint density at radius 3 is 1.71 bits per heavy atom. The first kappa shape index (κ1) is 28.3. The van der Waals surface area contributed by atoms with Crippen LogP contribution < -0.4 is 4.90 Å². The maximum absolute atomic E-state index is 2.54. The number of benzene rings is 8. The van der Waals surface area contributed by atoms with E-state index in [1.54, 1.807) is 0 Å². The average Bonchev–Trinajstić information content (AvgIpc) is 3.75. The Kier molecular flexibility index (Phi) is 6.61. The van der Waals surface area contributed by atoms with Gasteiger partial charge in [0.05, 0.1) is 20.8 Å². The van der Waals surface area contributed by atoms with Gasteiger partial charge >= 0.3 is 0 Å². The molecule has 0 aliphatic rings. The van der Waals surface area contributed by atoms with Gasteiger partial charge in [0.1, 0.15) is 0 Å². The van der Waals surface area contributed by atoms with Gasteiger partial charge in [0.25, 0.3) is 0 Å². The van der Waals surface area contributed by atoms with E-state index in [4.69, 9.17) is 0 Å². The molecule has 0 bridgehead atoms. The van der Waals surface area contributed by atoms with Crippen LogP contribution in [0.5, 0.6) is 0 Å². The van der Waals surface area contributed by atoms with E-state index in [-0.39, 0.29) is 0 Å². The van der Waals surface area contributed by atoms with E-state index in [1.165, 1.54) is 84.7 Å². The molecule has 230 valence electrons. The van der Waals surface area contributed by atoms with Crippen LogP contribution in [-0.4, -0.2) is 0 Å². The molecule has 49 heavy (non-hydrogen) atoms. The Balaban J connectivity index is 1.30. The molecule has 10 rings (SSSR count). The Labute approximate surface area is 292 Å². The van der Waals surface area contributed by atoms with E-state index in [2.05, 4.69) is 181 Å². The third-order valence-electron chi connectivity index (χ3n) is 9.64. The van der Waals surface area contributed by atoms with Gasteiger partial charge in [0, 0.05) is 42.2 Å². The third-order valence-corrected chi connectivity index (χ3v) is 12.0. The molecule has 0 unspecified atom stereocenters. The standard InChI is InChI=1S/C46H29NS2/c1-3-12-30(13-4-1)32-22-23-34-29-35(25-24-33(34)28-32)47(41-19-11-18-39-37-16-7-9-20-42(37)48-45(39)41)44-36(31-14-5-2-6-15-31)26-27-40-38-17-8-10-21-43(38)49-46(40)44/h1-29H. The van der Waals surface area contributed by atoms with Crippen molar-refractivity contribution >= 4 is 90.9 Å². The summed E-state index contributed by atoms with van der Waals surface area (Å²) in [5, 5.41) is 7.64. The van der Waals surface area contributed by atoms with Gasteiger partial charge < -0.3 is 4.90 Å². The van der Waals surface area contributed by atoms with Crippen molar-refractivity contribution in [2.24, 2.45) is 0 Å². The first-order valence-corrected chi connectivity index (χ1v) is 18.2. The number of rotatable bonds is 5. The lowest BCUT2D eigenvalue weighted by Gasteiger charge is -2.29. The summed E-state index contributed by atoms with van der Waals surface area (Å²) in [6.45, 7) is 0.